The number of carbonyl (C=O) groups excluding carboxylic acids is 1. The number of hydrogen-bond donors (Lipinski definition) is 0. The van der Waals surface area contributed by atoms with E-state index in [1.807, 2.05) is 0 Å². The standard InChI is InChI=1S/C11H10N4O3S/c1-15-11(12-13-14-15)19-5-8(16)7-2-3-9-10(4-7)18-6-17-9/h2-4H,5-6H2,1H3. The lowest BCUT2D eigenvalue weighted by Gasteiger charge is -2.02. The number of fused-ring (bicyclic) bond motifs is 1. The van der Waals surface area contributed by atoms with E-state index >= 15 is 0 Å². The third-order valence-corrected chi connectivity index (χ3v) is 3.62. The average molecular weight is 278 g/mol. The van der Waals surface area contributed by atoms with Gasteiger partial charge in [0.1, 0.15) is 0 Å². The summed E-state index contributed by atoms with van der Waals surface area (Å²) in [7, 11) is 1.73. The second-order valence-corrected chi connectivity index (χ2v) is 4.81. The van der Waals surface area contributed by atoms with Crippen LogP contribution in [-0.2, 0) is 7.05 Å². The molecule has 19 heavy (non-hydrogen) atoms. The minimum absolute atomic E-state index is 0.00806. The van der Waals surface area contributed by atoms with Crippen molar-refractivity contribution in [3.05, 3.63) is 23.8 Å². The van der Waals surface area contributed by atoms with Gasteiger partial charge in [-0.15, -0.1) is 5.10 Å². The number of hydrogen-bond acceptors (Lipinski definition) is 7. The zero-order valence-corrected chi connectivity index (χ0v) is 10.9. The highest BCUT2D eigenvalue weighted by Crippen LogP contribution is 2.32. The summed E-state index contributed by atoms with van der Waals surface area (Å²) >= 11 is 1.30. The van der Waals surface area contributed by atoms with Crippen LogP contribution in [0.5, 0.6) is 11.5 Å². The summed E-state index contributed by atoms with van der Waals surface area (Å²) in [4.78, 5) is 12.1. The molecule has 7 nitrogen and oxygen atoms in total. The van der Waals surface area contributed by atoms with Gasteiger partial charge in [-0.1, -0.05) is 11.8 Å². The lowest BCUT2D eigenvalue weighted by atomic mass is 10.1. The number of Topliss-reactive ketones (excluding diaryl/α,β-unsaturated/α-hetero) is 1. The number of benzene rings is 1. The van der Waals surface area contributed by atoms with E-state index in [1.165, 1.54) is 16.4 Å². The van der Waals surface area contributed by atoms with Crippen LogP contribution in [0.1, 0.15) is 10.4 Å². The second kappa shape index (κ2) is 4.88. The molecule has 1 aromatic heterocycles. The minimum atomic E-state index is -0.00806. The van der Waals surface area contributed by atoms with E-state index in [4.69, 9.17) is 9.47 Å². The van der Waals surface area contributed by atoms with Crippen molar-refractivity contribution >= 4 is 17.5 Å². The predicted molar refractivity (Wildman–Crippen MR) is 66.4 cm³/mol. The number of nitrogens with zero attached hydrogens (tertiary/aromatic N) is 4. The molecule has 0 amide bonds. The van der Waals surface area contributed by atoms with Crippen LogP contribution >= 0.6 is 11.8 Å². The Kier molecular flexibility index (Phi) is 3.08. The van der Waals surface area contributed by atoms with Gasteiger partial charge in [0.25, 0.3) is 0 Å². The zero-order chi connectivity index (χ0) is 13.2. The van der Waals surface area contributed by atoms with Crippen molar-refractivity contribution in [3.63, 3.8) is 0 Å². The molecule has 8 heteroatoms. The van der Waals surface area contributed by atoms with Gasteiger partial charge in [-0.3, -0.25) is 4.79 Å². The highest BCUT2D eigenvalue weighted by atomic mass is 32.2. The fourth-order valence-corrected chi connectivity index (χ4v) is 2.37. The van der Waals surface area contributed by atoms with E-state index in [9.17, 15) is 4.79 Å². The van der Waals surface area contributed by atoms with E-state index in [0.717, 1.165) is 0 Å². The van der Waals surface area contributed by atoms with Crippen LogP contribution < -0.4 is 9.47 Å². The van der Waals surface area contributed by atoms with Gasteiger partial charge < -0.3 is 9.47 Å². The number of ketones is 1. The average Bonchev–Trinajstić information content (AvgIpc) is 3.03. The molecule has 98 valence electrons. The Morgan fingerprint density at radius 3 is 3.05 bits per heavy atom. The smallest absolute Gasteiger partial charge is 0.231 e. The summed E-state index contributed by atoms with van der Waals surface area (Å²) in [6.45, 7) is 0.201. The summed E-state index contributed by atoms with van der Waals surface area (Å²) < 4.78 is 12.0. The summed E-state index contributed by atoms with van der Waals surface area (Å²) in [5, 5.41) is 11.6. The Balaban J connectivity index is 1.69. The molecular formula is C11H10N4O3S. The van der Waals surface area contributed by atoms with Crippen LogP contribution in [0.3, 0.4) is 0 Å². The van der Waals surface area contributed by atoms with Gasteiger partial charge in [-0.2, -0.15) is 0 Å². The lowest BCUT2D eigenvalue weighted by molar-refractivity contribution is 0.102. The first-order valence-electron chi connectivity index (χ1n) is 5.52. The number of aromatic nitrogens is 4. The molecule has 0 saturated carbocycles. The molecule has 3 rings (SSSR count). The third kappa shape index (κ3) is 2.39. The van der Waals surface area contributed by atoms with E-state index in [1.54, 1.807) is 25.2 Å². The molecule has 0 bridgehead atoms. The van der Waals surface area contributed by atoms with Crippen molar-refractivity contribution in [1.82, 2.24) is 20.2 Å². The Morgan fingerprint density at radius 2 is 2.26 bits per heavy atom. The van der Waals surface area contributed by atoms with Gasteiger partial charge in [0.2, 0.25) is 11.9 Å². The second-order valence-electron chi connectivity index (χ2n) is 3.86. The SMILES string of the molecule is Cn1nnnc1SCC(=O)c1ccc2c(c1)OCO2. The minimum Gasteiger partial charge on any atom is -0.454 e. The maximum Gasteiger partial charge on any atom is 0.231 e. The zero-order valence-electron chi connectivity index (χ0n) is 10.1. The Morgan fingerprint density at radius 1 is 1.42 bits per heavy atom. The normalized spacial score (nSPS) is 12.7. The van der Waals surface area contributed by atoms with Crippen LogP contribution in [0.4, 0.5) is 0 Å². The molecule has 0 aliphatic carbocycles. The van der Waals surface area contributed by atoms with E-state index in [0.29, 0.717) is 22.2 Å². The molecule has 0 saturated heterocycles. The van der Waals surface area contributed by atoms with Gasteiger partial charge >= 0.3 is 0 Å². The summed E-state index contributed by atoms with van der Waals surface area (Å²) in [5.74, 6) is 1.54. The van der Waals surface area contributed by atoms with Crippen molar-refractivity contribution in [3.8, 4) is 11.5 Å². The number of thioether (sulfide) groups is 1. The van der Waals surface area contributed by atoms with E-state index < -0.39 is 0 Å². The summed E-state index contributed by atoms with van der Waals surface area (Å²) in [5.41, 5.74) is 0.590. The largest absolute Gasteiger partial charge is 0.454 e. The number of carbonyl (C=O) groups is 1. The highest BCUT2D eigenvalue weighted by molar-refractivity contribution is 7.99. The molecule has 0 unspecified atom stereocenters. The Labute approximate surface area is 112 Å². The first-order valence-corrected chi connectivity index (χ1v) is 6.50. The third-order valence-electron chi connectivity index (χ3n) is 2.61. The van der Waals surface area contributed by atoms with Gasteiger partial charge in [-0.05, 0) is 28.6 Å². The molecule has 0 N–H and O–H groups in total. The fraction of sp³-hybridized carbons (Fsp3) is 0.273. The number of tetrazole rings is 1. The molecule has 2 heterocycles. The van der Waals surface area contributed by atoms with Gasteiger partial charge in [0.15, 0.2) is 17.3 Å². The molecule has 0 radical (unpaired) electrons. The molecule has 0 fully saturated rings. The first-order chi connectivity index (χ1) is 9.24. The van der Waals surface area contributed by atoms with Gasteiger partial charge in [-0.25, -0.2) is 4.68 Å². The van der Waals surface area contributed by atoms with Crippen LogP contribution in [0.2, 0.25) is 0 Å². The van der Waals surface area contributed by atoms with Crippen LogP contribution in [0, 0.1) is 0 Å². The van der Waals surface area contributed by atoms with Crippen LogP contribution in [-0.4, -0.2) is 38.5 Å². The monoisotopic (exact) mass is 278 g/mol. The number of ether oxygens (including phenoxy) is 2. The van der Waals surface area contributed by atoms with Gasteiger partial charge in [0, 0.05) is 12.6 Å². The molecule has 2 aromatic rings. The van der Waals surface area contributed by atoms with Crippen LogP contribution in [0.25, 0.3) is 0 Å². The molecule has 1 aliphatic rings. The van der Waals surface area contributed by atoms with Crippen molar-refractivity contribution in [2.45, 2.75) is 5.16 Å². The molecule has 1 aromatic carbocycles. The van der Waals surface area contributed by atoms with Crippen LogP contribution in [0.15, 0.2) is 23.4 Å². The summed E-state index contributed by atoms with van der Waals surface area (Å²) in [6.07, 6.45) is 0. The number of aryl methyl sites for hydroxylation is 1. The maximum atomic E-state index is 12.1. The molecule has 0 spiro atoms. The maximum absolute atomic E-state index is 12.1. The van der Waals surface area contributed by atoms with E-state index in [2.05, 4.69) is 15.5 Å². The van der Waals surface area contributed by atoms with Gasteiger partial charge in [0.05, 0.1) is 5.75 Å². The fourth-order valence-electron chi connectivity index (χ4n) is 1.63. The Bertz CT molecular complexity index is 628. The quantitative estimate of drug-likeness (QED) is 0.607. The highest BCUT2D eigenvalue weighted by Gasteiger charge is 2.16. The van der Waals surface area contributed by atoms with Crippen molar-refractivity contribution < 1.29 is 14.3 Å². The topological polar surface area (TPSA) is 79.1 Å². The Hall–Kier alpha value is -2.09. The summed E-state index contributed by atoms with van der Waals surface area (Å²) in [6, 6.07) is 5.16. The van der Waals surface area contributed by atoms with E-state index in [-0.39, 0.29) is 18.3 Å². The lowest BCUT2D eigenvalue weighted by Crippen LogP contribution is -2.04. The molecule has 0 atom stereocenters. The predicted octanol–water partition coefficient (Wildman–Crippen LogP) is 0.914. The number of rotatable bonds is 4. The van der Waals surface area contributed by atoms with Crippen molar-refractivity contribution in [2.75, 3.05) is 12.5 Å². The molecular weight excluding hydrogens is 268 g/mol. The first kappa shape index (κ1) is 12.0. The van der Waals surface area contributed by atoms with Crippen molar-refractivity contribution in [1.29, 1.82) is 0 Å². The van der Waals surface area contributed by atoms with Crippen molar-refractivity contribution in [2.24, 2.45) is 7.05 Å². The molecule has 1 aliphatic heterocycles.